The van der Waals surface area contributed by atoms with Gasteiger partial charge in [-0.2, -0.15) is 0 Å². The number of imidazole rings is 1. The van der Waals surface area contributed by atoms with Gasteiger partial charge in [0.1, 0.15) is 17.5 Å². The van der Waals surface area contributed by atoms with E-state index in [1.807, 2.05) is 11.5 Å². The molecule has 0 spiro atoms. The Morgan fingerprint density at radius 2 is 2.04 bits per heavy atom. The second-order valence-electron chi connectivity index (χ2n) is 5.15. The van der Waals surface area contributed by atoms with Crippen LogP contribution in [-0.2, 0) is 16.6 Å². The highest BCUT2D eigenvalue weighted by molar-refractivity contribution is 7.89. The van der Waals surface area contributed by atoms with Crippen molar-refractivity contribution in [2.45, 2.75) is 18.4 Å². The topological polar surface area (TPSA) is 76.9 Å². The highest BCUT2D eigenvalue weighted by atomic mass is 32.2. The molecular weight excluding hydrogens is 331 g/mol. The summed E-state index contributed by atoms with van der Waals surface area (Å²) in [5, 5.41) is 0. The lowest BCUT2D eigenvalue weighted by atomic mass is 10.3. The number of halogens is 1. The molecule has 6 nitrogen and oxygen atoms in total. The Bertz CT molecular complexity index is 952. The highest BCUT2D eigenvalue weighted by Gasteiger charge is 2.14. The van der Waals surface area contributed by atoms with Crippen molar-refractivity contribution >= 4 is 10.0 Å². The predicted molar refractivity (Wildman–Crippen MR) is 86.5 cm³/mol. The summed E-state index contributed by atoms with van der Waals surface area (Å²) >= 11 is 0. The number of aromatic nitrogens is 3. The van der Waals surface area contributed by atoms with E-state index in [2.05, 4.69) is 14.7 Å². The van der Waals surface area contributed by atoms with Crippen LogP contribution in [0.2, 0.25) is 0 Å². The van der Waals surface area contributed by atoms with Gasteiger partial charge in [-0.25, -0.2) is 27.5 Å². The van der Waals surface area contributed by atoms with Crippen LogP contribution in [0.3, 0.4) is 0 Å². The summed E-state index contributed by atoms with van der Waals surface area (Å²) in [5.74, 6) is 0.906. The van der Waals surface area contributed by atoms with Crippen LogP contribution in [0.1, 0.15) is 11.4 Å². The first-order valence-corrected chi connectivity index (χ1v) is 8.64. The smallest absolute Gasteiger partial charge is 0.240 e. The van der Waals surface area contributed by atoms with E-state index in [4.69, 9.17) is 0 Å². The van der Waals surface area contributed by atoms with Gasteiger partial charge < -0.3 is 0 Å². The maximum atomic E-state index is 13.2. The number of aryl methyl sites for hydroxylation is 1. The summed E-state index contributed by atoms with van der Waals surface area (Å²) in [7, 11) is -3.77. The summed E-state index contributed by atoms with van der Waals surface area (Å²) < 4.78 is 41.7. The third-order valence-electron chi connectivity index (χ3n) is 3.45. The molecule has 0 aliphatic rings. The van der Waals surface area contributed by atoms with E-state index in [0.717, 1.165) is 11.9 Å². The third kappa shape index (κ3) is 3.50. The maximum absolute atomic E-state index is 13.2. The molecule has 0 amide bonds. The third-order valence-corrected chi connectivity index (χ3v) is 4.85. The Morgan fingerprint density at radius 1 is 1.21 bits per heavy atom. The van der Waals surface area contributed by atoms with Gasteiger partial charge in [0.2, 0.25) is 10.0 Å². The largest absolute Gasteiger partial charge is 0.288 e. The molecular formula is C16H15FN4O2S. The van der Waals surface area contributed by atoms with E-state index in [9.17, 15) is 12.8 Å². The number of pyridine rings is 1. The summed E-state index contributed by atoms with van der Waals surface area (Å²) in [6.45, 7) is 1.93. The second kappa shape index (κ2) is 6.50. The standard InChI is InChI=1S/C16H15FN4O2S/c1-12-18-7-8-21(12)16-6-5-13(10-19-16)11-20-24(22,23)15-4-2-3-14(17)9-15/h2-10,20H,11H2,1H3. The van der Waals surface area contributed by atoms with E-state index in [1.54, 1.807) is 30.7 Å². The molecule has 3 aromatic rings. The molecule has 0 saturated heterocycles. The van der Waals surface area contributed by atoms with Gasteiger partial charge in [-0.1, -0.05) is 12.1 Å². The first-order chi connectivity index (χ1) is 11.5. The van der Waals surface area contributed by atoms with Gasteiger partial charge in [0, 0.05) is 25.1 Å². The van der Waals surface area contributed by atoms with E-state index in [1.165, 1.54) is 18.2 Å². The molecule has 0 fully saturated rings. The number of nitrogens with one attached hydrogen (secondary N) is 1. The SMILES string of the molecule is Cc1nccn1-c1ccc(CNS(=O)(=O)c2cccc(F)c2)cn1. The molecule has 2 heterocycles. The fourth-order valence-electron chi connectivity index (χ4n) is 2.18. The van der Waals surface area contributed by atoms with Crippen LogP contribution < -0.4 is 4.72 Å². The predicted octanol–water partition coefficient (Wildman–Crippen LogP) is 2.19. The summed E-state index contributed by atoms with van der Waals surface area (Å²) in [4.78, 5) is 8.31. The summed E-state index contributed by atoms with van der Waals surface area (Å²) in [6, 6.07) is 8.42. The van der Waals surface area contributed by atoms with Crippen LogP contribution in [0.25, 0.3) is 5.82 Å². The molecule has 0 aliphatic heterocycles. The molecule has 0 bridgehead atoms. The molecule has 1 N–H and O–H groups in total. The number of hydrogen-bond acceptors (Lipinski definition) is 4. The van der Waals surface area contributed by atoms with Crippen LogP contribution in [0.4, 0.5) is 4.39 Å². The van der Waals surface area contributed by atoms with Crippen molar-refractivity contribution in [1.29, 1.82) is 0 Å². The summed E-state index contributed by atoms with van der Waals surface area (Å²) in [6.07, 6.45) is 5.06. The van der Waals surface area contributed by atoms with E-state index < -0.39 is 15.8 Å². The number of benzene rings is 1. The molecule has 8 heteroatoms. The Balaban J connectivity index is 1.72. The average molecular weight is 346 g/mol. The normalized spacial score (nSPS) is 11.6. The average Bonchev–Trinajstić information content (AvgIpc) is 3.00. The minimum Gasteiger partial charge on any atom is -0.288 e. The van der Waals surface area contributed by atoms with Gasteiger partial charge in [0.15, 0.2) is 0 Å². The number of sulfonamides is 1. The maximum Gasteiger partial charge on any atom is 0.240 e. The molecule has 0 unspecified atom stereocenters. The first-order valence-electron chi connectivity index (χ1n) is 7.16. The zero-order valence-corrected chi connectivity index (χ0v) is 13.7. The van der Waals surface area contributed by atoms with Crippen molar-refractivity contribution in [3.63, 3.8) is 0 Å². The lowest BCUT2D eigenvalue weighted by Crippen LogP contribution is -2.23. The molecule has 124 valence electrons. The van der Waals surface area contributed by atoms with Crippen molar-refractivity contribution in [1.82, 2.24) is 19.3 Å². The Hall–Kier alpha value is -2.58. The van der Waals surface area contributed by atoms with Crippen molar-refractivity contribution in [3.8, 4) is 5.82 Å². The van der Waals surface area contributed by atoms with Gasteiger partial charge >= 0.3 is 0 Å². The molecule has 3 rings (SSSR count). The van der Waals surface area contributed by atoms with Crippen molar-refractivity contribution in [3.05, 3.63) is 72.2 Å². The number of nitrogens with zero attached hydrogens (tertiary/aromatic N) is 3. The molecule has 0 atom stereocenters. The fraction of sp³-hybridized carbons (Fsp3) is 0.125. The zero-order valence-electron chi connectivity index (χ0n) is 12.8. The molecule has 2 aromatic heterocycles. The van der Waals surface area contributed by atoms with Crippen LogP contribution in [0.15, 0.2) is 59.9 Å². The van der Waals surface area contributed by atoms with E-state index in [0.29, 0.717) is 11.4 Å². The first kappa shape index (κ1) is 16.3. The Kier molecular flexibility index (Phi) is 4.41. The lowest BCUT2D eigenvalue weighted by Gasteiger charge is -2.08. The highest BCUT2D eigenvalue weighted by Crippen LogP contribution is 2.12. The summed E-state index contributed by atoms with van der Waals surface area (Å²) in [5.41, 5.74) is 0.691. The van der Waals surface area contributed by atoms with Gasteiger partial charge in [0.25, 0.3) is 0 Å². The van der Waals surface area contributed by atoms with E-state index in [-0.39, 0.29) is 11.4 Å². The van der Waals surface area contributed by atoms with Gasteiger partial charge in [-0.3, -0.25) is 4.57 Å². The quantitative estimate of drug-likeness (QED) is 0.768. The Morgan fingerprint density at radius 3 is 2.67 bits per heavy atom. The van der Waals surface area contributed by atoms with Gasteiger partial charge in [-0.15, -0.1) is 0 Å². The van der Waals surface area contributed by atoms with Crippen molar-refractivity contribution < 1.29 is 12.8 Å². The Labute approximate surface area is 139 Å². The zero-order chi connectivity index (χ0) is 17.2. The minimum atomic E-state index is -3.77. The van der Waals surface area contributed by atoms with Crippen molar-refractivity contribution in [2.75, 3.05) is 0 Å². The van der Waals surface area contributed by atoms with Gasteiger partial charge in [-0.05, 0) is 36.8 Å². The van der Waals surface area contributed by atoms with Crippen LogP contribution >= 0.6 is 0 Å². The molecule has 24 heavy (non-hydrogen) atoms. The van der Waals surface area contributed by atoms with Gasteiger partial charge in [0.05, 0.1) is 4.90 Å². The lowest BCUT2D eigenvalue weighted by molar-refractivity contribution is 0.577. The molecule has 0 saturated carbocycles. The van der Waals surface area contributed by atoms with Crippen LogP contribution in [0, 0.1) is 12.7 Å². The monoisotopic (exact) mass is 346 g/mol. The molecule has 1 aromatic carbocycles. The van der Waals surface area contributed by atoms with Crippen LogP contribution in [-0.4, -0.2) is 23.0 Å². The van der Waals surface area contributed by atoms with E-state index >= 15 is 0 Å². The van der Waals surface area contributed by atoms with Crippen LogP contribution in [0.5, 0.6) is 0 Å². The molecule has 0 radical (unpaired) electrons. The number of hydrogen-bond donors (Lipinski definition) is 1. The molecule has 0 aliphatic carbocycles. The van der Waals surface area contributed by atoms with Crippen molar-refractivity contribution in [2.24, 2.45) is 0 Å². The fourth-order valence-corrected chi connectivity index (χ4v) is 3.23. The minimum absolute atomic E-state index is 0.0645. The number of rotatable bonds is 5. The second-order valence-corrected chi connectivity index (χ2v) is 6.92.